The number of ether oxygens (including phenoxy) is 1. The molecule has 2 rings (SSSR count). The van der Waals surface area contributed by atoms with Gasteiger partial charge in [-0.2, -0.15) is 0 Å². The first-order chi connectivity index (χ1) is 8.75. The van der Waals surface area contributed by atoms with Gasteiger partial charge in [-0.15, -0.1) is 11.3 Å². The van der Waals surface area contributed by atoms with Gasteiger partial charge < -0.3 is 20.1 Å². The highest BCUT2D eigenvalue weighted by molar-refractivity contribution is 7.11. The van der Waals surface area contributed by atoms with Gasteiger partial charge in [-0.3, -0.25) is 0 Å². The smallest absolute Gasteiger partial charge is 0.224 e. The van der Waals surface area contributed by atoms with Gasteiger partial charge in [-0.05, 0) is 19.8 Å². The number of aryl methyl sites for hydroxylation is 1. The Balaban J connectivity index is 1.96. The molecule has 1 aliphatic rings. The van der Waals surface area contributed by atoms with Crippen molar-refractivity contribution in [1.29, 1.82) is 0 Å². The van der Waals surface area contributed by atoms with E-state index in [2.05, 4.69) is 18.8 Å². The summed E-state index contributed by atoms with van der Waals surface area (Å²) in [5.74, 6) is -1.41. The Kier molecular flexibility index (Phi) is 3.99. The molecule has 1 fully saturated rings. The van der Waals surface area contributed by atoms with Crippen LogP contribution in [-0.2, 0) is 11.2 Å². The van der Waals surface area contributed by atoms with Gasteiger partial charge in [0.2, 0.25) is 5.79 Å². The molecule has 19 heavy (non-hydrogen) atoms. The molecule has 3 unspecified atom stereocenters. The quantitative estimate of drug-likeness (QED) is 0.702. The fourth-order valence-corrected chi connectivity index (χ4v) is 3.36. The summed E-state index contributed by atoms with van der Waals surface area (Å²) < 4.78 is 5.31. The van der Waals surface area contributed by atoms with Crippen LogP contribution in [0.15, 0.2) is 0 Å². The van der Waals surface area contributed by atoms with Crippen LogP contribution in [0.4, 0.5) is 0 Å². The lowest BCUT2D eigenvalue weighted by Crippen LogP contribution is -2.28. The lowest BCUT2D eigenvalue weighted by Gasteiger charge is -2.16. The van der Waals surface area contributed by atoms with Crippen LogP contribution in [0.5, 0.6) is 0 Å². The predicted octanol–water partition coefficient (Wildman–Crippen LogP) is 0.947. The van der Waals surface area contributed by atoms with Crippen molar-refractivity contribution >= 4 is 11.3 Å². The Morgan fingerprint density at radius 1 is 1.32 bits per heavy atom. The fourth-order valence-electron chi connectivity index (χ4n) is 2.16. The number of aromatic nitrogens is 1. The SMILES string of the molecule is Cc1sc(CC(C)OC2(O)C(O)C2O)nc1C(C)C. The van der Waals surface area contributed by atoms with Crippen LogP contribution in [0.25, 0.3) is 0 Å². The molecule has 0 radical (unpaired) electrons. The topological polar surface area (TPSA) is 82.8 Å². The van der Waals surface area contributed by atoms with E-state index in [0.29, 0.717) is 12.3 Å². The lowest BCUT2D eigenvalue weighted by atomic mass is 10.1. The van der Waals surface area contributed by atoms with Crippen LogP contribution in [0.1, 0.15) is 42.3 Å². The molecule has 1 aliphatic carbocycles. The minimum Gasteiger partial charge on any atom is -0.384 e. The third kappa shape index (κ3) is 2.83. The van der Waals surface area contributed by atoms with Gasteiger partial charge >= 0.3 is 0 Å². The van der Waals surface area contributed by atoms with Crippen LogP contribution >= 0.6 is 11.3 Å². The van der Waals surface area contributed by atoms with E-state index in [0.717, 1.165) is 10.7 Å². The Hall–Kier alpha value is -0.530. The second kappa shape index (κ2) is 5.10. The molecule has 0 aliphatic heterocycles. The fraction of sp³-hybridized carbons (Fsp3) is 0.769. The maximum atomic E-state index is 9.72. The van der Waals surface area contributed by atoms with Crippen LogP contribution in [0.3, 0.4) is 0 Å². The number of hydrogen-bond acceptors (Lipinski definition) is 6. The number of nitrogens with zero attached hydrogens (tertiary/aromatic N) is 1. The van der Waals surface area contributed by atoms with E-state index in [1.54, 1.807) is 18.3 Å². The molecule has 0 amide bonds. The standard InChI is InChI=1S/C13H21NO4S/c1-6(2)10-8(4)19-9(14-10)5-7(3)18-13(17)11(15)12(13)16/h6-7,11-12,15-17H,5H2,1-4H3. The van der Waals surface area contributed by atoms with E-state index in [1.165, 1.54) is 4.88 Å². The van der Waals surface area contributed by atoms with Crippen molar-refractivity contribution in [2.45, 2.75) is 64.1 Å². The molecule has 0 saturated heterocycles. The molecule has 3 N–H and O–H groups in total. The summed E-state index contributed by atoms with van der Waals surface area (Å²) in [4.78, 5) is 5.77. The Morgan fingerprint density at radius 3 is 2.32 bits per heavy atom. The zero-order valence-electron chi connectivity index (χ0n) is 11.6. The van der Waals surface area contributed by atoms with E-state index in [1.807, 2.05) is 6.92 Å². The molecule has 0 aromatic carbocycles. The second-order valence-corrected chi connectivity index (χ2v) is 6.77. The summed E-state index contributed by atoms with van der Waals surface area (Å²) in [5, 5.41) is 29.2. The number of hydrogen-bond donors (Lipinski definition) is 3. The maximum Gasteiger partial charge on any atom is 0.224 e. The zero-order chi connectivity index (χ0) is 14.4. The van der Waals surface area contributed by atoms with Crippen LogP contribution < -0.4 is 0 Å². The van der Waals surface area contributed by atoms with Gasteiger partial charge in [0.25, 0.3) is 0 Å². The van der Waals surface area contributed by atoms with Gasteiger partial charge in [-0.25, -0.2) is 4.98 Å². The molecule has 1 aromatic rings. The van der Waals surface area contributed by atoms with Gasteiger partial charge in [-0.1, -0.05) is 13.8 Å². The Bertz CT molecular complexity index is 451. The summed E-state index contributed by atoms with van der Waals surface area (Å²) in [7, 11) is 0. The summed E-state index contributed by atoms with van der Waals surface area (Å²) >= 11 is 1.62. The highest BCUT2D eigenvalue weighted by Crippen LogP contribution is 2.39. The number of thiazole rings is 1. The van der Waals surface area contributed by atoms with Crippen LogP contribution in [0, 0.1) is 6.92 Å². The molecule has 108 valence electrons. The number of aliphatic hydroxyl groups is 3. The van der Waals surface area contributed by atoms with Crippen molar-refractivity contribution in [1.82, 2.24) is 4.98 Å². The number of aliphatic hydroxyl groups excluding tert-OH is 2. The average molecular weight is 287 g/mol. The molecule has 3 atom stereocenters. The first-order valence-corrected chi connectivity index (χ1v) is 7.30. The summed E-state index contributed by atoms with van der Waals surface area (Å²) in [6.45, 7) is 8.04. The highest BCUT2D eigenvalue weighted by atomic mass is 32.1. The largest absolute Gasteiger partial charge is 0.384 e. The van der Waals surface area contributed by atoms with Crippen molar-refractivity contribution in [2.75, 3.05) is 0 Å². The highest BCUT2D eigenvalue weighted by Gasteiger charge is 2.66. The van der Waals surface area contributed by atoms with Crippen molar-refractivity contribution in [3.63, 3.8) is 0 Å². The molecule has 0 spiro atoms. The normalized spacial score (nSPS) is 31.8. The second-order valence-electron chi connectivity index (χ2n) is 5.48. The first-order valence-electron chi connectivity index (χ1n) is 6.48. The van der Waals surface area contributed by atoms with Gasteiger partial charge in [0.1, 0.15) is 12.2 Å². The maximum absolute atomic E-state index is 9.72. The van der Waals surface area contributed by atoms with E-state index >= 15 is 0 Å². The van der Waals surface area contributed by atoms with E-state index in [4.69, 9.17) is 4.74 Å². The molecule has 1 heterocycles. The molecule has 0 bridgehead atoms. The molecule has 6 heteroatoms. The van der Waals surface area contributed by atoms with Crippen molar-refractivity contribution < 1.29 is 20.1 Å². The average Bonchev–Trinajstić information content (AvgIpc) is 2.65. The molecule has 5 nitrogen and oxygen atoms in total. The zero-order valence-corrected chi connectivity index (χ0v) is 12.4. The van der Waals surface area contributed by atoms with E-state index < -0.39 is 18.0 Å². The first kappa shape index (κ1) is 14.9. The van der Waals surface area contributed by atoms with Gasteiger partial charge in [0, 0.05) is 11.3 Å². The number of rotatable bonds is 5. The van der Waals surface area contributed by atoms with Gasteiger partial charge in [0.05, 0.1) is 16.8 Å². The van der Waals surface area contributed by atoms with Crippen LogP contribution in [-0.4, -0.2) is 44.4 Å². The molecular formula is C13H21NO4S. The third-order valence-corrected chi connectivity index (χ3v) is 4.32. The van der Waals surface area contributed by atoms with Crippen molar-refractivity contribution in [2.24, 2.45) is 0 Å². The minimum absolute atomic E-state index is 0.317. The summed E-state index contributed by atoms with van der Waals surface area (Å²) in [6, 6.07) is 0. The molecule has 1 aromatic heterocycles. The Morgan fingerprint density at radius 2 is 1.89 bits per heavy atom. The third-order valence-electron chi connectivity index (χ3n) is 3.31. The van der Waals surface area contributed by atoms with E-state index in [9.17, 15) is 15.3 Å². The van der Waals surface area contributed by atoms with Crippen LogP contribution in [0.2, 0.25) is 0 Å². The minimum atomic E-state index is -1.80. The summed E-state index contributed by atoms with van der Waals surface area (Å²) in [5.41, 5.74) is 1.09. The predicted molar refractivity (Wildman–Crippen MR) is 72.2 cm³/mol. The molecule has 1 saturated carbocycles. The lowest BCUT2D eigenvalue weighted by molar-refractivity contribution is -0.186. The summed E-state index contributed by atoms with van der Waals surface area (Å²) in [6.07, 6.45) is -2.18. The van der Waals surface area contributed by atoms with Crippen molar-refractivity contribution in [3.8, 4) is 0 Å². The monoisotopic (exact) mass is 287 g/mol. The molecular weight excluding hydrogens is 266 g/mol. The van der Waals surface area contributed by atoms with E-state index in [-0.39, 0.29) is 6.10 Å². The van der Waals surface area contributed by atoms with Gasteiger partial charge in [0.15, 0.2) is 0 Å². The van der Waals surface area contributed by atoms with Crippen molar-refractivity contribution in [3.05, 3.63) is 15.6 Å². The Labute approximate surface area is 116 Å².